The molecule has 5 rings (SSSR count). The van der Waals surface area contributed by atoms with E-state index in [1.807, 2.05) is 36.4 Å². The SMILES string of the molecule is O=C1c2ccccc2NC(c2ccc3c(c2)OCO3)N1c1ccc(Cl)c(Cl)c1. The summed E-state index contributed by atoms with van der Waals surface area (Å²) in [5.74, 6) is 1.21. The van der Waals surface area contributed by atoms with E-state index in [9.17, 15) is 4.79 Å². The lowest BCUT2D eigenvalue weighted by molar-refractivity contribution is 0.0975. The number of halogens is 2. The average molecular weight is 413 g/mol. The second-order valence-corrected chi connectivity index (χ2v) is 7.29. The molecule has 7 heteroatoms. The molecule has 3 aromatic carbocycles. The summed E-state index contributed by atoms with van der Waals surface area (Å²) in [7, 11) is 0. The van der Waals surface area contributed by atoms with Gasteiger partial charge in [-0.05, 0) is 48.0 Å². The van der Waals surface area contributed by atoms with Gasteiger partial charge >= 0.3 is 0 Å². The number of ether oxygens (including phenoxy) is 2. The van der Waals surface area contributed by atoms with Crippen LogP contribution in [0.4, 0.5) is 11.4 Å². The second-order valence-electron chi connectivity index (χ2n) is 6.48. The zero-order chi connectivity index (χ0) is 19.3. The summed E-state index contributed by atoms with van der Waals surface area (Å²) < 4.78 is 10.9. The maximum atomic E-state index is 13.4. The highest BCUT2D eigenvalue weighted by Gasteiger charge is 2.35. The Hall–Kier alpha value is -2.89. The Morgan fingerprint density at radius 2 is 1.75 bits per heavy atom. The highest BCUT2D eigenvalue weighted by atomic mass is 35.5. The normalized spacial score (nSPS) is 17.3. The maximum Gasteiger partial charge on any atom is 0.262 e. The van der Waals surface area contributed by atoms with Gasteiger partial charge in [0.05, 0.1) is 15.6 Å². The summed E-state index contributed by atoms with van der Waals surface area (Å²) in [5, 5.41) is 4.27. The number of hydrogen-bond acceptors (Lipinski definition) is 4. The molecule has 28 heavy (non-hydrogen) atoms. The molecule has 0 fully saturated rings. The number of hydrogen-bond donors (Lipinski definition) is 1. The number of benzene rings is 3. The van der Waals surface area contributed by atoms with Gasteiger partial charge in [-0.3, -0.25) is 9.69 Å². The summed E-state index contributed by atoms with van der Waals surface area (Å²) >= 11 is 12.3. The van der Waals surface area contributed by atoms with Crippen molar-refractivity contribution in [1.82, 2.24) is 0 Å². The van der Waals surface area contributed by atoms with Crippen LogP contribution >= 0.6 is 23.2 Å². The minimum absolute atomic E-state index is 0.129. The number of para-hydroxylation sites is 1. The summed E-state index contributed by atoms with van der Waals surface area (Å²) in [4.78, 5) is 15.1. The summed E-state index contributed by atoms with van der Waals surface area (Å²) in [6, 6.07) is 18.2. The van der Waals surface area contributed by atoms with Gasteiger partial charge in [0.25, 0.3) is 5.91 Å². The third-order valence-corrected chi connectivity index (χ3v) is 5.56. The second kappa shape index (κ2) is 6.62. The van der Waals surface area contributed by atoms with Crippen molar-refractivity contribution in [3.8, 4) is 11.5 Å². The van der Waals surface area contributed by atoms with Crippen LogP contribution in [0, 0.1) is 0 Å². The van der Waals surface area contributed by atoms with Gasteiger partial charge in [0.15, 0.2) is 11.5 Å². The van der Waals surface area contributed by atoms with Crippen LogP contribution in [-0.4, -0.2) is 12.7 Å². The molecule has 0 saturated carbocycles. The molecule has 1 N–H and O–H groups in total. The molecular weight excluding hydrogens is 399 g/mol. The monoisotopic (exact) mass is 412 g/mol. The number of carbonyl (C=O) groups excluding carboxylic acids is 1. The summed E-state index contributed by atoms with van der Waals surface area (Å²) in [6.07, 6.45) is -0.450. The highest BCUT2D eigenvalue weighted by Crippen LogP contribution is 2.41. The van der Waals surface area contributed by atoms with Crippen LogP contribution in [0.2, 0.25) is 10.0 Å². The van der Waals surface area contributed by atoms with E-state index >= 15 is 0 Å². The van der Waals surface area contributed by atoms with E-state index in [0.717, 1.165) is 11.3 Å². The van der Waals surface area contributed by atoms with E-state index in [4.69, 9.17) is 32.7 Å². The first kappa shape index (κ1) is 17.2. The van der Waals surface area contributed by atoms with Gasteiger partial charge in [0.2, 0.25) is 6.79 Å². The first-order valence-electron chi connectivity index (χ1n) is 8.65. The zero-order valence-electron chi connectivity index (χ0n) is 14.5. The van der Waals surface area contributed by atoms with E-state index < -0.39 is 6.17 Å². The number of carbonyl (C=O) groups is 1. The Kier molecular flexibility index (Phi) is 4.07. The number of rotatable bonds is 2. The lowest BCUT2D eigenvalue weighted by atomic mass is 10.0. The van der Waals surface area contributed by atoms with Crippen molar-refractivity contribution in [3.63, 3.8) is 0 Å². The Labute approximate surface area is 171 Å². The topological polar surface area (TPSA) is 50.8 Å². The summed E-state index contributed by atoms with van der Waals surface area (Å²) in [5.41, 5.74) is 2.86. The largest absolute Gasteiger partial charge is 0.454 e. The van der Waals surface area contributed by atoms with E-state index in [2.05, 4.69) is 5.32 Å². The fourth-order valence-corrected chi connectivity index (χ4v) is 3.76. The number of nitrogens with zero attached hydrogens (tertiary/aromatic N) is 1. The van der Waals surface area contributed by atoms with E-state index in [0.29, 0.717) is 32.8 Å². The van der Waals surface area contributed by atoms with Crippen LogP contribution in [0.1, 0.15) is 22.1 Å². The van der Waals surface area contributed by atoms with Gasteiger partial charge in [-0.2, -0.15) is 0 Å². The van der Waals surface area contributed by atoms with Crippen molar-refractivity contribution in [1.29, 1.82) is 0 Å². The third-order valence-electron chi connectivity index (χ3n) is 4.82. The molecule has 0 bridgehead atoms. The van der Waals surface area contributed by atoms with Crippen molar-refractivity contribution >= 4 is 40.5 Å². The minimum Gasteiger partial charge on any atom is -0.454 e. The van der Waals surface area contributed by atoms with Crippen LogP contribution < -0.4 is 19.7 Å². The molecule has 0 aromatic heterocycles. The van der Waals surface area contributed by atoms with Gasteiger partial charge < -0.3 is 14.8 Å². The van der Waals surface area contributed by atoms with E-state index in [1.54, 1.807) is 29.2 Å². The number of amides is 1. The number of fused-ring (bicyclic) bond motifs is 2. The molecule has 140 valence electrons. The first-order valence-corrected chi connectivity index (χ1v) is 9.41. The Bertz CT molecular complexity index is 1100. The molecule has 0 saturated heterocycles. The summed E-state index contributed by atoms with van der Waals surface area (Å²) in [6.45, 7) is 0.190. The lowest BCUT2D eigenvalue weighted by Gasteiger charge is -2.38. The van der Waals surface area contributed by atoms with Gasteiger partial charge in [-0.15, -0.1) is 0 Å². The molecule has 0 radical (unpaired) electrons. The highest BCUT2D eigenvalue weighted by molar-refractivity contribution is 6.42. The van der Waals surface area contributed by atoms with Crippen molar-refractivity contribution in [2.45, 2.75) is 6.17 Å². The van der Waals surface area contributed by atoms with Crippen LogP contribution in [0.3, 0.4) is 0 Å². The van der Waals surface area contributed by atoms with Gasteiger partial charge in [-0.25, -0.2) is 0 Å². The molecule has 1 amide bonds. The predicted molar refractivity (Wildman–Crippen MR) is 109 cm³/mol. The average Bonchev–Trinajstić information content (AvgIpc) is 3.18. The number of nitrogens with one attached hydrogen (secondary N) is 1. The van der Waals surface area contributed by atoms with E-state index in [1.165, 1.54) is 0 Å². The van der Waals surface area contributed by atoms with E-state index in [-0.39, 0.29) is 12.7 Å². The number of anilines is 2. The molecule has 2 aliphatic rings. The molecular formula is C21H14Cl2N2O3. The third kappa shape index (κ3) is 2.75. The molecule has 2 heterocycles. The molecule has 0 aliphatic carbocycles. The molecule has 3 aromatic rings. The minimum atomic E-state index is -0.450. The zero-order valence-corrected chi connectivity index (χ0v) is 16.0. The molecule has 1 unspecified atom stereocenters. The van der Waals surface area contributed by atoms with Crippen LogP contribution in [-0.2, 0) is 0 Å². The van der Waals surface area contributed by atoms with Crippen LogP contribution in [0.5, 0.6) is 11.5 Å². The molecule has 2 aliphatic heterocycles. The van der Waals surface area contributed by atoms with Crippen molar-refractivity contribution in [3.05, 3.63) is 81.8 Å². The molecule has 5 nitrogen and oxygen atoms in total. The fraction of sp³-hybridized carbons (Fsp3) is 0.0952. The predicted octanol–water partition coefficient (Wildman–Crippen LogP) is 5.49. The van der Waals surface area contributed by atoms with Crippen molar-refractivity contribution < 1.29 is 14.3 Å². The van der Waals surface area contributed by atoms with Crippen LogP contribution in [0.25, 0.3) is 0 Å². The van der Waals surface area contributed by atoms with Gasteiger partial charge in [0.1, 0.15) is 6.17 Å². The Morgan fingerprint density at radius 3 is 2.61 bits per heavy atom. The van der Waals surface area contributed by atoms with Gasteiger partial charge in [-0.1, -0.05) is 41.4 Å². The molecule has 1 atom stereocenters. The standard InChI is InChI=1S/C21H14Cl2N2O3/c22-15-7-6-13(10-16(15)23)25-20(12-5-8-18-19(9-12)28-11-27-18)24-17-4-2-1-3-14(17)21(25)26/h1-10,20,24H,11H2. The first-order chi connectivity index (χ1) is 13.6. The maximum absolute atomic E-state index is 13.4. The van der Waals surface area contributed by atoms with Crippen molar-refractivity contribution in [2.24, 2.45) is 0 Å². The lowest BCUT2D eigenvalue weighted by Crippen LogP contribution is -2.43. The van der Waals surface area contributed by atoms with Crippen LogP contribution in [0.15, 0.2) is 60.7 Å². The Balaban J connectivity index is 1.65. The Morgan fingerprint density at radius 1 is 0.929 bits per heavy atom. The smallest absolute Gasteiger partial charge is 0.262 e. The molecule has 0 spiro atoms. The van der Waals surface area contributed by atoms with Crippen molar-refractivity contribution in [2.75, 3.05) is 17.0 Å². The fourth-order valence-electron chi connectivity index (χ4n) is 3.47. The van der Waals surface area contributed by atoms with Gasteiger partial charge in [0, 0.05) is 11.4 Å². The quantitative estimate of drug-likeness (QED) is 0.604.